The van der Waals surface area contributed by atoms with E-state index in [4.69, 9.17) is 0 Å². The molecule has 0 bridgehead atoms. The van der Waals surface area contributed by atoms with E-state index in [0.717, 1.165) is 0 Å². The number of thiol groups is 2. The molecule has 0 aliphatic rings. The first-order valence-corrected chi connectivity index (χ1v) is 1.80. The van der Waals surface area contributed by atoms with Crippen molar-refractivity contribution in [3.8, 4) is 0 Å². The van der Waals surface area contributed by atoms with Gasteiger partial charge in [-0.25, -0.2) is 0 Å². The minimum absolute atomic E-state index is 0. The normalized spacial score (nSPS) is 1.50. The Hall–Kier alpha value is 2.39. The van der Waals surface area contributed by atoms with Crippen LogP contribution in [0.5, 0.6) is 0 Å². The molecular weight excluding hydrogens is 271 g/mol. The minimum Gasteiger partial charge on any atom is -1.00 e. The summed E-state index contributed by atoms with van der Waals surface area (Å²) >= 11 is 6.44. The fourth-order valence-electron chi connectivity index (χ4n) is 0. The predicted octanol–water partition coefficient (Wildman–Crippen LogP) is -2.12. The Morgan fingerprint density at radius 3 is 1.25 bits per heavy atom. The average molecular weight is 274 g/mol. The Bertz CT molecular complexity index is 9.61. The zero-order valence-electron chi connectivity index (χ0n) is 3.30. The first-order valence-electron chi connectivity index (χ1n) is 0.200. The monoisotopic (exact) mass is 274 g/mol. The molecule has 0 radical (unpaired) electrons. The molecule has 0 aromatic carbocycles. The van der Waals surface area contributed by atoms with Crippen molar-refractivity contribution in [1.82, 2.24) is 0 Å². The Morgan fingerprint density at radius 2 is 1.25 bits per heavy atom. The van der Waals surface area contributed by atoms with E-state index in [2.05, 4.69) is 23.3 Å². The first kappa shape index (κ1) is 16.2. The van der Waals surface area contributed by atoms with Crippen LogP contribution in [0.2, 0.25) is 0 Å². The molecule has 0 saturated heterocycles. The van der Waals surface area contributed by atoms with Crippen molar-refractivity contribution in [3.05, 3.63) is 0 Å². The molecule has 0 rings (SSSR count). The molecule has 0 unspecified atom stereocenters. The van der Waals surface area contributed by atoms with Gasteiger partial charge in [0.2, 0.25) is 0 Å². The second-order valence-corrected chi connectivity index (χ2v) is 0. The average Bonchev–Trinajstić information content (AvgIpc) is 1.00. The molecule has 0 aromatic rings. The van der Waals surface area contributed by atoms with Gasteiger partial charge in [-0.2, -0.15) is 0 Å². The Morgan fingerprint density at radius 1 is 1.25 bits per heavy atom. The van der Waals surface area contributed by atoms with Crippen LogP contribution in [-0.4, -0.2) is 0 Å². The van der Waals surface area contributed by atoms with Crippen molar-refractivity contribution >= 4 is 23.3 Å². The number of hydrogen-bond donors (Lipinski definition) is 2. The summed E-state index contributed by atoms with van der Waals surface area (Å²) in [4.78, 5) is 0. The quantitative estimate of drug-likeness (QED) is 0.281. The van der Waals surface area contributed by atoms with Crippen LogP contribution in [0.1, 0.15) is 1.43 Å². The summed E-state index contributed by atoms with van der Waals surface area (Å²) in [6.07, 6.45) is 0. The van der Waals surface area contributed by atoms with Gasteiger partial charge in [-0.3, -0.25) is 0 Å². The van der Waals surface area contributed by atoms with Gasteiger partial charge in [0.1, 0.15) is 0 Å². The van der Waals surface area contributed by atoms with Crippen LogP contribution < -0.4 is 29.6 Å². The molecule has 4 heavy (non-hydrogen) atoms. The molecule has 0 aromatic heterocycles. The van der Waals surface area contributed by atoms with Crippen molar-refractivity contribution in [2.45, 2.75) is 0 Å². The second kappa shape index (κ2) is 18.2. The number of rotatable bonds is 0. The minimum atomic E-state index is 0. The van der Waals surface area contributed by atoms with Crippen molar-refractivity contribution in [3.63, 3.8) is 0 Å². The van der Waals surface area contributed by atoms with Gasteiger partial charge >= 0.3 is 29.6 Å². The van der Waals surface area contributed by atoms with E-state index in [0.29, 0.717) is 0 Å². The van der Waals surface area contributed by atoms with Gasteiger partial charge in [0.05, 0.1) is 0 Å². The third-order valence-corrected chi connectivity index (χ3v) is 0. The van der Waals surface area contributed by atoms with E-state index >= 15 is 0 Å². The number of hydrogen-bond acceptors (Lipinski definition) is 2. The van der Waals surface area contributed by atoms with Crippen LogP contribution in [-0.2, 0) is 21.1 Å². The van der Waals surface area contributed by atoms with E-state index in [9.17, 15) is 0 Å². The summed E-state index contributed by atoms with van der Waals surface area (Å²) in [5.41, 5.74) is 0. The van der Waals surface area contributed by atoms with Crippen molar-refractivity contribution < 1.29 is 52.0 Å². The van der Waals surface area contributed by atoms with Gasteiger partial charge in [0, 0.05) is 21.1 Å². The van der Waals surface area contributed by atoms with Crippen molar-refractivity contribution in [2.75, 3.05) is 0 Å². The van der Waals surface area contributed by atoms with Crippen LogP contribution in [0.15, 0.2) is 0 Å². The molecular formula is H3NaS2W. The fourth-order valence-corrected chi connectivity index (χ4v) is 0. The maximum atomic E-state index is 3.22. The molecule has 0 N–H and O–H groups in total. The van der Waals surface area contributed by atoms with Gasteiger partial charge < -0.3 is 1.43 Å². The molecule has 22 valence electrons. The molecule has 0 aliphatic heterocycles. The molecule has 0 nitrogen and oxygen atoms in total. The second-order valence-electron chi connectivity index (χ2n) is 0. The van der Waals surface area contributed by atoms with Gasteiger partial charge in [0.25, 0.3) is 0 Å². The Labute approximate surface area is 74.4 Å². The van der Waals surface area contributed by atoms with Crippen molar-refractivity contribution in [1.29, 1.82) is 0 Å². The summed E-state index contributed by atoms with van der Waals surface area (Å²) in [6, 6.07) is 0. The van der Waals surface area contributed by atoms with Crippen LogP contribution in [0.3, 0.4) is 0 Å². The van der Waals surface area contributed by atoms with Gasteiger partial charge in [-0.1, -0.05) is 0 Å². The van der Waals surface area contributed by atoms with Gasteiger partial charge in [-0.05, 0) is 0 Å². The molecule has 0 atom stereocenters. The maximum Gasteiger partial charge on any atom is 1.00 e. The standard InChI is InChI=1S/Na.H2S2.W.H/c;1-2;;/h;1-2H;;/q+1;;;-1. The molecule has 0 fully saturated rings. The Balaban J connectivity index is -0.00000000167. The molecule has 0 saturated carbocycles. The Kier molecular flexibility index (Phi) is 73.5. The smallest absolute Gasteiger partial charge is 1.00 e. The van der Waals surface area contributed by atoms with E-state index in [1.165, 1.54) is 0 Å². The summed E-state index contributed by atoms with van der Waals surface area (Å²) < 4.78 is 0. The van der Waals surface area contributed by atoms with Gasteiger partial charge in [-0.15, -0.1) is 23.3 Å². The summed E-state index contributed by atoms with van der Waals surface area (Å²) in [5.74, 6) is 0. The van der Waals surface area contributed by atoms with Crippen molar-refractivity contribution in [2.24, 2.45) is 0 Å². The third-order valence-electron chi connectivity index (χ3n) is 0. The van der Waals surface area contributed by atoms with E-state index < -0.39 is 0 Å². The summed E-state index contributed by atoms with van der Waals surface area (Å²) in [7, 11) is 0. The van der Waals surface area contributed by atoms with E-state index in [-0.39, 0.29) is 52.0 Å². The molecule has 0 aliphatic carbocycles. The zero-order chi connectivity index (χ0) is 2.00. The molecule has 0 spiro atoms. The maximum absolute atomic E-state index is 3.22. The summed E-state index contributed by atoms with van der Waals surface area (Å²) in [6.45, 7) is 0. The van der Waals surface area contributed by atoms with Crippen LogP contribution >= 0.6 is 23.3 Å². The third kappa shape index (κ3) is 8.83. The van der Waals surface area contributed by atoms with Gasteiger partial charge in [0.15, 0.2) is 0 Å². The van der Waals surface area contributed by atoms with E-state index in [1.54, 1.807) is 0 Å². The topological polar surface area (TPSA) is 0 Å². The predicted molar refractivity (Wildman–Crippen MR) is 19.1 cm³/mol. The SMILES string of the molecule is SS.[H-].[Na+].[W]. The summed E-state index contributed by atoms with van der Waals surface area (Å²) in [5, 5.41) is 0. The molecule has 0 heterocycles. The fraction of sp³-hybridized carbons (Fsp3) is 0. The van der Waals surface area contributed by atoms with Crippen LogP contribution in [0, 0.1) is 0 Å². The van der Waals surface area contributed by atoms with Crippen LogP contribution in [0.4, 0.5) is 0 Å². The zero-order valence-corrected chi connectivity index (χ0v) is 9.02. The molecule has 0 amide bonds. The van der Waals surface area contributed by atoms with Crippen LogP contribution in [0.25, 0.3) is 0 Å². The largest absolute Gasteiger partial charge is 1.00 e. The molecule has 4 heteroatoms. The first-order chi connectivity index (χ1) is 1.00. The van der Waals surface area contributed by atoms with E-state index in [1.807, 2.05) is 0 Å².